The van der Waals surface area contributed by atoms with E-state index in [0.717, 1.165) is 12.6 Å². The highest BCUT2D eigenvalue weighted by Crippen LogP contribution is 2.20. The molecular weight excluding hydrogens is 292 g/mol. The van der Waals surface area contributed by atoms with Gasteiger partial charge >= 0.3 is 0 Å². The molecule has 0 bridgehead atoms. The molecule has 0 aliphatic carbocycles. The fourth-order valence-electron chi connectivity index (χ4n) is 1.72. The first-order valence-electron chi connectivity index (χ1n) is 5.61. The van der Waals surface area contributed by atoms with Crippen molar-refractivity contribution >= 4 is 33.3 Å². The molecule has 0 aromatic carbocycles. The van der Waals surface area contributed by atoms with Crippen LogP contribution in [0.5, 0.6) is 0 Å². The number of aromatic nitrogens is 1. The molecule has 0 radical (unpaired) electrons. The number of carbonyl (C=O) groups is 1. The second-order valence-electron chi connectivity index (χ2n) is 4.15. The predicted octanol–water partition coefficient (Wildman–Crippen LogP) is -0.126. The van der Waals surface area contributed by atoms with Gasteiger partial charge in [0.15, 0.2) is 0 Å². The zero-order chi connectivity index (χ0) is 14.0. The van der Waals surface area contributed by atoms with Gasteiger partial charge in [0.25, 0.3) is 0 Å². The first-order valence-corrected chi connectivity index (χ1v) is 7.47. The minimum Gasteiger partial charge on any atom is -0.382 e. The van der Waals surface area contributed by atoms with Crippen LogP contribution >= 0.6 is 11.6 Å². The first-order chi connectivity index (χ1) is 8.90. The van der Waals surface area contributed by atoms with E-state index in [1.54, 1.807) is 0 Å². The lowest BCUT2D eigenvalue weighted by molar-refractivity contribution is -0.124. The summed E-state index contributed by atoms with van der Waals surface area (Å²) in [5, 5.41) is 2.65. The third kappa shape index (κ3) is 3.14. The van der Waals surface area contributed by atoms with E-state index < -0.39 is 16.1 Å². The molecule has 1 amide bonds. The van der Waals surface area contributed by atoms with Crippen molar-refractivity contribution in [2.45, 2.75) is 23.8 Å². The lowest BCUT2D eigenvalue weighted by Gasteiger charge is -2.22. The highest BCUT2D eigenvalue weighted by atomic mass is 35.5. The summed E-state index contributed by atoms with van der Waals surface area (Å²) in [6.07, 6.45) is 2.28. The van der Waals surface area contributed by atoms with Crippen LogP contribution in [-0.2, 0) is 14.8 Å². The van der Waals surface area contributed by atoms with Crippen LogP contribution in [0.4, 0.5) is 5.82 Å². The molecule has 0 saturated carbocycles. The third-order valence-corrected chi connectivity index (χ3v) is 4.48. The number of hydrogen-bond donors (Lipinski definition) is 3. The Kier molecular flexibility index (Phi) is 3.93. The smallest absolute Gasteiger partial charge is 0.242 e. The van der Waals surface area contributed by atoms with Crippen LogP contribution in [0.2, 0.25) is 5.02 Å². The van der Waals surface area contributed by atoms with Crippen molar-refractivity contribution in [3.8, 4) is 0 Å². The average Bonchev–Trinajstić information content (AvgIpc) is 2.35. The number of rotatable bonds is 3. The van der Waals surface area contributed by atoms with Crippen molar-refractivity contribution in [3.63, 3.8) is 0 Å². The van der Waals surface area contributed by atoms with E-state index in [1.807, 2.05) is 0 Å². The molecule has 19 heavy (non-hydrogen) atoms. The van der Waals surface area contributed by atoms with Crippen LogP contribution in [0.15, 0.2) is 17.2 Å². The number of nitrogens with two attached hydrogens (primary N) is 1. The Bertz CT molecular complexity index is 605. The molecule has 104 valence electrons. The van der Waals surface area contributed by atoms with Crippen LogP contribution in [0.1, 0.15) is 12.8 Å². The van der Waals surface area contributed by atoms with Gasteiger partial charge < -0.3 is 11.1 Å². The largest absolute Gasteiger partial charge is 0.382 e. The van der Waals surface area contributed by atoms with Crippen molar-refractivity contribution in [1.29, 1.82) is 0 Å². The minimum atomic E-state index is -3.85. The van der Waals surface area contributed by atoms with Crippen molar-refractivity contribution in [1.82, 2.24) is 15.0 Å². The van der Waals surface area contributed by atoms with Gasteiger partial charge in [0.05, 0.1) is 5.02 Å². The zero-order valence-corrected chi connectivity index (χ0v) is 11.5. The highest BCUT2D eigenvalue weighted by molar-refractivity contribution is 7.89. The fourth-order valence-corrected chi connectivity index (χ4v) is 3.15. The van der Waals surface area contributed by atoms with Crippen LogP contribution in [-0.4, -0.2) is 31.9 Å². The first kappa shape index (κ1) is 14.0. The second-order valence-corrected chi connectivity index (χ2v) is 6.27. The minimum absolute atomic E-state index is 0.0518. The number of halogens is 1. The summed E-state index contributed by atoms with van der Waals surface area (Å²) >= 11 is 5.73. The normalized spacial score (nSPS) is 20.1. The third-order valence-electron chi connectivity index (χ3n) is 2.74. The number of amides is 1. The molecule has 9 heteroatoms. The van der Waals surface area contributed by atoms with Gasteiger partial charge in [0.1, 0.15) is 16.8 Å². The van der Waals surface area contributed by atoms with Crippen LogP contribution in [0.3, 0.4) is 0 Å². The van der Waals surface area contributed by atoms with Crippen molar-refractivity contribution in [2.24, 2.45) is 0 Å². The molecular formula is C10H13ClN4O3S. The Hall–Kier alpha value is -1.38. The molecule has 1 unspecified atom stereocenters. The van der Waals surface area contributed by atoms with Gasteiger partial charge in [0, 0.05) is 12.7 Å². The van der Waals surface area contributed by atoms with Gasteiger partial charge in [-0.2, -0.15) is 4.72 Å². The Morgan fingerprint density at radius 2 is 2.26 bits per heavy atom. The Labute approximate surface area is 115 Å². The van der Waals surface area contributed by atoms with Gasteiger partial charge in [-0.1, -0.05) is 11.6 Å². The number of nitrogen functional groups attached to an aromatic ring is 1. The average molecular weight is 305 g/mol. The Morgan fingerprint density at radius 3 is 2.89 bits per heavy atom. The topological polar surface area (TPSA) is 114 Å². The highest BCUT2D eigenvalue weighted by Gasteiger charge is 2.28. The van der Waals surface area contributed by atoms with Crippen molar-refractivity contribution < 1.29 is 13.2 Å². The quantitative estimate of drug-likeness (QED) is 0.720. The van der Waals surface area contributed by atoms with E-state index in [1.165, 1.54) is 6.07 Å². The molecule has 1 atom stereocenters. The molecule has 1 aliphatic heterocycles. The number of sulfonamides is 1. The second kappa shape index (κ2) is 5.32. The van der Waals surface area contributed by atoms with Gasteiger partial charge in [0.2, 0.25) is 15.9 Å². The van der Waals surface area contributed by atoms with Crippen LogP contribution < -0.4 is 15.8 Å². The summed E-state index contributed by atoms with van der Waals surface area (Å²) < 4.78 is 26.5. The Balaban J connectivity index is 2.22. The molecule has 7 nitrogen and oxygen atoms in total. The predicted molar refractivity (Wildman–Crippen MR) is 70.0 cm³/mol. The SMILES string of the molecule is Nc1ncc(S(=O)(=O)NC2CCCNC2=O)cc1Cl. The van der Waals surface area contributed by atoms with E-state index in [2.05, 4.69) is 15.0 Å². The van der Waals surface area contributed by atoms with E-state index in [4.69, 9.17) is 17.3 Å². The molecule has 0 spiro atoms. The summed E-state index contributed by atoms with van der Waals surface area (Å²) in [7, 11) is -3.85. The molecule has 2 heterocycles. The lowest BCUT2D eigenvalue weighted by Crippen LogP contribution is -2.50. The summed E-state index contributed by atoms with van der Waals surface area (Å²) in [5.74, 6) is -0.277. The number of anilines is 1. The molecule has 1 aromatic rings. The molecule has 1 aromatic heterocycles. The van der Waals surface area contributed by atoms with E-state index in [0.29, 0.717) is 13.0 Å². The fraction of sp³-hybridized carbons (Fsp3) is 0.400. The molecule has 1 aliphatic rings. The zero-order valence-electron chi connectivity index (χ0n) is 9.89. The number of pyridine rings is 1. The molecule has 4 N–H and O–H groups in total. The van der Waals surface area contributed by atoms with E-state index in [9.17, 15) is 13.2 Å². The van der Waals surface area contributed by atoms with Crippen LogP contribution in [0, 0.1) is 0 Å². The summed E-state index contributed by atoms with van der Waals surface area (Å²) in [4.78, 5) is 15.1. The van der Waals surface area contributed by atoms with Gasteiger partial charge in [-0.05, 0) is 18.9 Å². The Morgan fingerprint density at radius 1 is 1.53 bits per heavy atom. The lowest BCUT2D eigenvalue weighted by atomic mass is 10.1. The molecule has 1 saturated heterocycles. The van der Waals surface area contributed by atoms with Gasteiger partial charge in [-0.25, -0.2) is 13.4 Å². The van der Waals surface area contributed by atoms with Crippen molar-refractivity contribution in [3.05, 3.63) is 17.3 Å². The standard InChI is InChI=1S/C10H13ClN4O3S/c11-7-4-6(5-14-9(7)12)19(17,18)15-8-2-1-3-13-10(8)16/h4-5,8,15H,1-3H2,(H2,12,14)(H,13,16). The maximum Gasteiger partial charge on any atom is 0.242 e. The monoisotopic (exact) mass is 304 g/mol. The maximum absolute atomic E-state index is 12.1. The number of nitrogens with one attached hydrogen (secondary N) is 2. The maximum atomic E-state index is 12.1. The van der Waals surface area contributed by atoms with Crippen molar-refractivity contribution in [2.75, 3.05) is 12.3 Å². The number of piperidine rings is 1. The molecule has 2 rings (SSSR count). The summed E-state index contributed by atoms with van der Waals surface area (Å²) in [6, 6.07) is 0.433. The number of nitrogens with zero attached hydrogens (tertiary/aromatic N) is 1. The van der Waals surface area contributed by atoms with Gasteiger partial charge in [-0.3, -0.25) is 4.79 Å². The van der Waals surface area contributed by atoms with Crippen LogP contribution in [0.25, 0.3) is 0 Å². The molecule has 1 fully saturated rings. The van der Waals surface area contributed by atoms with Gasteiger partial charge in [-0.15, -0.1) is 0 Å². The van der Waals surface area contributed by atoms with E-state index in [-0.39, 0.29) is 21.6 Å². The number of hydrogen-bond acceptors (Lipinski definition) is 5. The number of carbonyl (C=O) groups excluding carboxylic acids is 1. The summed E-state index contributed by atoms with van der Waals surface area (Å²) in [6.45, 7) is 0.562. The van der Waals surface area contributed by atoms with E-state index >= 15 is 0 Å². The summed E-state index contributed by atoms with van der Waals surface area (Å²) in [5.41, 5.74) is 5.42.